The van der Waals surface area contributed by atoms with Crippen molar-refractivity contribution in [2.45, 2.75) is 0 Å². The summed E-state index contributed by atoms with van der Waals surface area (Å²) in [5.41, 5.74) is 15.5. The van der Waals surface area contributed by atoms with Gasteiger partial charge in [-0.05, 0) is 97.1 Å². The lowest BCUT2D eigenvalue weighted by molar-refractivity contribution is 0.709. The van der Waals surface area contributed by atoms with Crippen molar-refractivity contribution in [3.05, 3.63) is 202 Å². The minimum atomic E-state index is 0.800. The Morgan fingerprint density at radius 3 is 1.18 bits per heavy atom. The summed E-state index contributed by atoms with van der Waals surface area (Å²) < 4.78 is 4.21. The number of aromatic nitrogens is 6. The molecule has 0 spiro atoms. The van der Waals surface area contributed by atoms with E-state index in [0.717, 1.165) is 90.0 Å². The van der Waals surface area contributed by atoms with Gasteiger partial charge in [0.1, 0.15) is 0 Å². The van der Waals surface area contributed by atoms with Crippen LogP contribution in [0.2, 0.25) is 0 Å². The first-order chi connectivity index (χ1) is 24.3. The molecule has 0 aliphatic carbocycles. The molecule has 6 aromatic rings. The topological polar surface area (TPSA) is 98.2 Å². The van der Waals surface area contributed by atoms with Gasteiger partial charge in [0.2, 0.25) is 0 Å². The lowest BCUT2D eigenvalue weighted by Gasteiger charge is -2.23. The molecular weight excluding hydrogens is 607 g/mol. The number of aliphatic imine (C=N–C) groups is 2. The predicted octanol–water partition coefficient (Wildman–Crippen LogP) is 4.84. The van der Waals surface area contributed by atoms with Crippen LogP contribution in [0.4, 0.5) is 0 Å². The number of pyridine rings is 4. The van der Waals surface area contributed by atoms with Gasteiger partial charge in [0.25, 0.3) is 0 Å². The first kappa shape index (κ1) is 27.1. The molecule has 1 N–H and O–H groups in total. The molecule has 10 heterocycles. The van der Waals surface area contributed by atoms with E-state index in [1.165, 1.54) is 0 Å². The number of fused-ring (bicyclic) bond motifs is 2. The SMILES string of the molecule is C1=CC2=C(c3ccccn3)c3ccc4n3Nn3c(ccc3=C(c3ccccn3)C3=NC(=C4c4ccccn4)C=C3)=C(c3ccccn3)C1=N2. The van der Waals surface area contributed by atoms with Crippen molar-refractivity contribution in [1.29, 1.82) is 0 Å². The fourth-order valence-electron chi connectivity index (χ4n) is 6.87. The number of hydrogen-bond acceptors (Lipinski definition) is 7. The van der Waals surface area contributed by atoms with Crippen LogP contribution < -0.4 is 16.2 Å². The van der Waals surface area contributed by atoms with Gasteiger partial charge < -0.3 is 0 Å². The summed E-state index contributed by atoms with van der Waals surface area (Å²) in [6.07, 6.45) is 15.5. The summed E-state index contributed by atoms with van der Waals surface area (Å²) in [6, 6.07) is 32.2. The van der Waals surface area contributed by atoms with Crippen molar-refractivity contribution in [2.75, 3.05) is 5.53 Å². The Morgan fingerprint density at radius 2 is 0.796 bits per heavy atom. The van der Waals surface area contributed by atoms with E-state index in [2.05, 4.69) is 63.5 Å². The maximum absolute atomic E-state index is 5.30. The summed E-state index contributed by atoms with van der Waals surface area (Å²) >= 11 is 0. The van der Waals surface area contributed by atoms with Crippen LogP contribution in [0, 0.1) is 0 Å². The van der Waals surface area contributed by atoms with E-state index in [4.69, 9.17) is 29.9 Å². The quantitative estimate of drug-likeness (QED) is 0.300. The molecule has 230 valence electrons. The second-order valence-electron chi connectivity index (χ2n) is 11.8. The molecule has 4 aliphatic rings. The molecule has 9 heteroatoms. The highest BCUT2D eigenvalue weighted by Crippen LogP contribution is 2.37. The van der Waals surface area contributed by atoms with Crippen LogP contribution in [0.1, 0.15) is 34.2 Å². The van der Waals surface area contributed by atoms with Gasteiger partial charge in [-0.3, -0.25) is 19.9 Å². The van der Waals surface area contributed by atoms with Crippen LogP contribution in [0.25, 0.3) is 22.3 Å². The van der Waals surface area contributed by atoms with E-state index < -0.39 is 0 Å². The van der Waals surface area contributed by atoms with Gasteiger partial charge in [-0.15, -0.1) is 0 Å². The number of allylic oxidation sites excluding steroid dienone is 4. The van der Waals surface area contributed by atoms with Crippen molar-refractivity contribution < 1.29 is 0 Å². The average Bonchev–Trinajstić information content (AvgIpc) is 3.98. The molecule has 0 fully saturated rings. The normalized spacial score (nSPS) is 15.8. The van der Waals surface area contributed by atoms with E-state index in [-0.39, 0.29) is 0 Å². The lowest BCUT2D eigenvalue weighted by atomic mass is 10.1. The fraction of sp³-hybridized carbons (Fsp3) is 0. The second-order valence-corrected chi connectivity index (χ2v) is 11.8. The maximum atomic E-state index is 5.30. The van der Waals surface area contributed by atoms with Gasteiger partial charge >= 0.3 is 0 Å². The van der Waals surface area contributed by atoms with E-state index >= 15 is 0 Å². The highest BCUT2D eigenvalue weighted by atomic mass is 15.7. The molecular formula is C40H25N9. The summed E-state index contributed by atoms with van der Waals surface area (Å²) in [5, 5.41) is 1.76. The van der Waals surface area contributed by atoms with E-state index in [9.17, 15) is 0 Å². The summed E-state index contributed by atoms with van der Waals surface area (Å²) in [7, 11) is 0. The maximum Gasteiger partial charge on any atom is 0.0762 e. The van der Waals surface area contributed by atoms with Crippen molar-refractivity contribution in [1.82, 2.24) is 29.3 Å². The zero-order valence-electron chi connectivity index (χ0n) is 25.9. The molecule has 49 heavy (non-hydrogen) atoms. The third-order valence-electron chi connectivity index (χ3n) is 8.97. The Morgan fingerprint density at radius 1 is 0.388 bits per heavy atom. The van der Waals surface area contributed by atoms with Gasteiger partial charge in [-0.1, -0.05) is 24.3 Å². The van der Waals surface area contributed by atoms with Crippen molar-refractivity contribution in [3.8, 4) is 0 Å². The predicted molar refractivity (Wildman–Crippen MR) is 190 cm³/mol. The standard InChI is InChI=1S/C40H25N9/c1-5-21-41-25(9-1)37-29-13-14-30(45-29)38(26-10-2-6-22-42-26)35-19-20-36-40(28-12-4-8-24-44-28)32-16-15-31(46-32)39(27-11-3-7-23-43-27)34-18-17-33(37)48(34)47-49(35)36/h1-24,47H. The van der Waals surface area contributed by atoms with Crippen molar-refractivity contribution in [3.63, 3.8) is 0 Å². The Hall–Kier alpha value is -7.00. The highest BCUT2D eigenvalue weighted by molar-refractivity contribution is 6.31. The number of hydrogen-bond donors (Lipinski definition) is 1. The minimum Gasteiger partial charge on any atom is -0.256 e. The molecule has 0 unspecified atom stereocenters. The fourth-order valence-corrected chi connectivity index (χ4v) is 6.87. The molecule has 0 aromatic carbocycles. The average molecular weight is 632 g/mol. The van der Waals surface area contributed by atoms with E-state index in [1.807, 2.05) is 97.6 Å². The summed E-state index contributed by atoms with van der Waals surface area (Å²) in [4.78, 5) is 29.9. The first-order valence-electron chi connectivity index (χ1n) is 16.0. The van der Waals surface area contributed by atoms with Crippen LogP contribution in [0.3, 0.4) is 0 Å². The van der Waals surface area contributed by atoms with Crippen LogP contribution >= 0.6 is 0 Å². The van der Waals surface area contributed by atoms with Gasteiger partial charge in [-0.25, -0.2) is 24.9 Å². The molecule has 0 atom stereocenters. The second kappa shape index (κ2) is 10.8. The molecule has 0 amide bonds. The molecule has 0 saturated carbocycles. The van der Waals surface area contributed by atoms with Crippen molar-refractivity contribution >= 4 is 33.7 Å². The Balaban J connectivity index is 1.43. The number of nitrogens with zero attached hydrogens (tertiary/aromatic N) is 8. The Labute approximate surface area is 280 Å². The monoisotopic (exact) mass is 631 g/mol. The van der Waals surface area contributed by atoms with Gasteiger partial charge in [0, 0.05) is 24.8 Å². The smallest absolute Gasteiger partial charge is 0.0762 e. The van der Waals surface area contributed by atoms with Crippen LogP contribution in [-0.4, -0.2) is 40.7 Å². The van der Waals surface area contributed by atoms with Gasteiger partial charge in [-0.2, -0.15) is 0 Å². The number of nitrogens with one attached hydrogen (secondary N) is 1. The minimum absolute atomic E-state index is 0.800. The first-order valence-corrected chi connectivity index (χ1v) is 16.0. The van der Waals surface area contributed by atoms with Crippen LogP contribution in [0.5, 0.6) is 0 Å². The summed E-state index contributed by atoms with van der Waals surface area (Å²) in [5.74, 6) is 0. The van der Waals surface area contributed by atoms with Gasteiger partial charge in [0.05, 0.1) is 90.0 Å². The molecule has 10 rings (SSSR count). The third-order valence-corrected chi connectivity index (χ3v) is 8.97. The van der Waals surface area contributed by atoms with Crippen LogP contribution in [0.15, 0.2) is 168 Å². The largest absolute Gasteiger partial charge is 0.256 e. The molecule has 6 bridgehead atoms. The number of rotatable bonds is 4. The highest BCUT2D eigenvalue weighted by Gasteiger charge is 2.29. The molecule has 6 aromatic heterocycles. The van der Waals surface area contributed by atoms with Crippen molar-refractivity contribution in [2.24, 2.45) is 9.98 Å². The molecule has 4 aliphatic heterocycles. The summed E-state index contributed by atoms with van der Waals surface area (Å²) in [6.45, 7) is 0. The van der Waals surface area contributed by atoms with E-state index in [0.29, 0.717) is 0 Å². The zero-order valence-corrected chi connectivity index (χ0v) is 25.9. The third kappa shape index (κ3) is 4.26. The zero-order chi connectivity index (χ0) is 32.3. The Kier molecular flexibility index (Phi) is 5.97. The van der Waals surface area contributed by atoms with Crippen LogP contribution in [-0.2, 0) is 0 Å². The van der Waals surface area contributed by atoms with E-state index in [1.54, 1.807) is 0 Å². The lowest BCUT2D eigenvalue weighted by Crippen LogP contribution is -2.42. The molecule has 0 radical (unpaired) electrons. The van der Waals surface area contributed by atoms with Gasteiger partial charge in [0.15, 0.2) is 0 Å². The Bertz CT molecular complexity index is 2460. The molecule has 9 nitrogen and oxygen atoms in total. The molecule has 0 saturated heterocycles.